The Morgan fingerprint density at radius 2 is 1.92 bits per heavy atom. The zero-order valence-electron chi connectivity index (χ0n) is 6.27. The van der Waals surface area contributed by atoms with E-state index in [4.69, 9.17) is 16.3 Å². The molecule has 0 fully saturated rings. The standard InChI is InChI=1S/C8H7ClN2O/c9-8(10-11-8)6-12-7-4-2-1-3-5-7/h1-5H,6H2. The topological polar surface area (TPSA) is 34.0 Å². The number of nitrogens with zero attached hydrogens (tertiary/aromatic N) is 2. The minimum absolute atomic E-state index is 0.304. The Bertz CT molecular complexity index is 293. The van der Waals surface area contributed by atoms with E-state index in [0.29, 0.717) is 6.61 Å². The van der Waals surface area contributed by atoms with Gasteiger partial charge in [0.25, 0.3) is 5.12 Å². The van der Waals surface area contributed by atoms with Gasteiger partial charge < -0.3 is 4.74 Å². The average Bonchev–Trinajstić information content (AvgIpc) is 2.84. The highest BCUT2D eigenvalue weighted by molar-refractivity contribution is 6.24. The predicted molar refractivity (Wildman–Crippen MR) is 45.4 cm³/mol. The van der Waals surface area contributed by atoms with Gasteiger partial charge in [-0.1, -0.05) is 29.8 Å². The van der Waals surface area contributed by atoms with Crippen molar-refractivity contribution in [1.82, 2.24) is 0 Å². The van der Waals surface area contributed by atoms with E-state index in [0.717, 1.165) is 5.75 Å². The van der Waals surface area contributed by atoms with Crippen molar-refractivity contribution < 1.29 is 4.74 Å². The summed E-state index contributed by atoms with van der Waals surface area (Å²) in [5.41, 5.74) is 0. The Labute approximate surface area is 75.0 Å². The highest BCUT2D eigenvalue weighted by Gasteiger charge is 2.38. The van der Waals surface area contributed by atoms with E-state index in [1.165, 1.54) is 0 Å². The summed E-state index contributed by atoms with van der Waals surface area (Å²) < 4.78 is 5.31. The molecule has 12 heavy (non-hydrogen) atoms. The van der Waals surface area contributed by atoms with Crippen molar-refractivity contribution in [2.75, 3.05) is 6.61 Å². The van der Waals surface area contributed by atoms with E-state index in [9.17, 15) is 0 Å². The molecule has 4 heteroatoms. The number of hydrogen-bond acceptors (Lipinski definition) is 3. The summed E-state index contributed by atoms with van der Waals surface area (Å²) in [4.78, 5) is 0. The van der Waals surface area contributed by atoms with E-state index in [2.05, 4.69) is 10.2 Å². The molecule has 62 valence electrons. The molecule has 2 rings (SSSR count). The summed E-state index contributed by atoms with van der Waals surface area (Å²) in [7, 11) is 0. The molecule has 0 radical (unpaired) electrons. The second kappa shape index (κ2) is 2.75. The van der Waals surface area contributed by atoms with Crippen molar-refractivity contribution in [2.45, 2.75) is 5.12 Å². The van der Waals surface area contributed by atoms with E-state index in [1.807, 2.05) is 30.3 Å². The summed E-state index contributed by atoms with van der Waals surface area (Å²) in [6.07, 6.45) is 0. The number of ether oxygens (including phenoxy) is 1. The Morgan fingerprint density at radius 3 is 2.50 bits per heavy atom. The summed E-state index contributed by atoms with van der Waals surface area (Å²) >= 11 is 5.74. The third kappa shape index (κ3) is 1.74. The molecule has 0 unspecified atom stereocenters. The fourth-order valence-electron chi connectivity index (χ4n) is 0.804. The van der Waals surface area contributed by atoms with Gasteiger partial charge in [0.05, 0.1) is 0 Å². The van der Waals surface area contributed by atoms with Crippen LogP contribution >= 0.6 is 11.6 Å². The third-order valence-corrected chi connectivity index (χ3v) is 1.74. The predicted octanol–water partition coefficient (Wildman–Crippen LogP) is 2.42. The molecule has 1 aromatic rings. The molecule has 0 saturated heterocycles. The summed E-state index contributed by atoms with van der Waals surface area (Å²) in [5, 5.41) is 6.43. The van der Waals surface area contributed by atoms with Gasteiger partial charge in [-0.2, -0.15) is 0 Å². The number of benzene rings is 1. The van der Waals surface area contributed by atoms with Crippen LogP contribution in [0.4, 0.5) is 0 Å². The lowest BCUT2D eigenvalue weighted by atomic mass is 10.3. The maximum absolute atomic E-state index is 5.74. The van der Waals surface area contributed by atoms with Crippen molar-refractivity contribution >= 4 is 11.6 Å². The Morgan fingerprint density at radius 1 is 1.25 bits per heavy atom. The lowest BCUT2D eigenvalue weighted by Gasteiger charge is -2.05. The van der Waals surface area contributed by atoms with Crippen LogP contribution in [-0.2, 0) is 0 Å². The van der Waals surface area contributed by atoms with Gasteiger partial charge in [0.1, 0.15) is 5.75 Å². The third-order valence-electron chi connectivity index (χ3n) is 1.48. The molecule has 0 aliphatic carbocycles. The van der Waals surface area contributed by atoms with Gasteiger partial charge in [-0.15, -0.1) is 10.2 Å². The second-order valence-corrected chi connectivity index (χ2v) is 3.13. The van der Waals surface area contributed by atoms with Gasteiger partial charge in [-0.3, -0.25) is 0 Å². The van der Waals surface area contributed by atoms with E-state index in [-0.39, 0.29) is 0 Å². The maximum atomic E-state index is 5.74. The maximum Gasteiger partial charge on any atom is 0.297 e. The minimum atomic E-state index is -0.796. The van der Waals surface area contributed by atoms with Crippen LogP contribution in [0.1, 0.15) is 0 Å². The summed E-state index contributed by atoms with van der Waals surface area (Å²) in [6, 6.07) is 9.45. The van der Waals surface area contributed by atoms with Gasteiger partial charge in [-0.05, 0) is 12.1 Å². The Balaban J connectivity index is 1.88. The first-order valence-electron chi connectivity index (χ1n) is 3.59. The molecule has 0 N–H and O–H groups in total. The largest absolute Gasteiger partial charge is 0.487 e. The molecule has 0 aromatic heterocycles. The van der Waals surface area contributed by atoms with Crippen LogP contribution in [0, 0.1) is 0 Å². The van der Waals surface area contributed by atoms with Gasteiger partial charge in [0, 0.05) is 0 Å². The highest BCUT2D eigenvalue weighted by Crippen LogP contribution is 2.32. The Kier molecular flexibility index (Phi) is 1.73. The minimum Gasteiger partial charge on any atom is -0.487 e. The fraction of sp³-hybridized carbons (Fsp3) is 0.250. The van der Waals surface area contributed by atoms with Crippen LogP contribution in [0.2, 0.25) is 0 Å². The molecule has 1 aliphatic heterocycles. The molecule has 1 aliphatic rings. The molecule has 1 heterocycles. The van der Waals surface area contributed by atoms with Crippen LogP contribution in [0.5, 0.6) is 5.75 Å². The quantitative estimate of drug-likeness (QED) is 0.522. The Hall–Kier alpha value is -1.09. The molecular weight excluding hydrogens is 176 g/mol. The summed E-state index contributed by atoms with van der Waals surface area (Å²) in [6.45, 7) is 0.304. The molecule has 0 saturated carbocycles. The SMILES string of the molecule is ClC1(COc2ccccc2)N=N1. The molecule has 0 atom stereocenters. The van der Waals surface area contributed by atoms with Crippen LogP contribution in [0.25, 0.3) is 0 Å². The van der Waals surface area contributed by atoms with Crippen LogP contribution < -0.4 is 4.74 Å². The first kappa shape index (κ1) is 7.55. The highest BCUT2D eigenvalue weighted by atomic mass is 35.5. The van der Waals surface area contributed by atoms with Gasteiger partial charge in [0.15, 0.2) is 6.61 Å². The van der Waals surface area contributed by atoms with E-state index < -0.39 is 5.12 Å². The van der Waals surface area contributed by atoms with E-state index in [1.54, 1.807) is 0 Å². The lowest BCUT2D eigenvalue weighted by Crippen LogP contribution is -2.13. The average molecular weight is 183 g/mol. The van der Waals surface area contributed by atoms with E-state index >= 15 is 0 Å². The first-order valence-corrected chi connectivity index (χ1v) is 3.97. The van der Waals surface area contributed by atoms with Crippen molar-refractivity contribution in [3.63, 3.8) is 0 Å². The van der Waals surface area contributed by atoms with Crippen molar-refractivity contribution in [1.29, 1.82) is 0 Å². The normalized spacial score (nSPS) is 17.4. The lowest BCUT2D eigenvalue weighted by molar-refractivity contribution is 0.303. The van der Waals surface area contributed by atoms with Crippen molar-refractivity contribution in [3.8, 4) is 5.75 Å². The second-order valence-electron chi connectivity index (χ2n) is 2.52. The smallest absolute Gasteiger partial charge is 0.297 e. The zero-order chi connectivity index (χ0) is 8.44. The fourth-order valence-corrected chi connectivity index (χ4v) is 0.896. The first-order chi connectivity index (χ1) is 5.79. The zero-order valence-corrected chi connectivity index (χ0v) is 7.03. The van der Waals surface area contributed by atoms with Gasteiger partial charge >= 0.3 is 0 Å². The monoisotopic (exact) mass is 182 g/mol. The molecule has 0 bridgehead atoms. The van der Waals surface area contributed by atoms with Crippen molar-refractivity contribution in [3.05, 3.63) is 30.3 Å². The molecule has 0 amide bonds. The molecule has 0 spiro atoms. The van der Waals surface area contributed by atoms with Gasteiger partial charge in [-0.25, -0.2) is 0 Å². The van der Waals surface area contributed by atoms with Crippen LogP contribution in [0.3, 0.4) is 0 Å². The molecular formula is C8H7ClN2O. The number of alkyl halides is 1. The van der Waals surface area contributed by atoms with Crippen LogP contribution in [-0.4, -0.2) is 11.7 Å². The number of hydrogen-bond donors (Lipinski definition) is 0. The molecule has 1 aromatic carbocycles. The van der Waals surface area contributed by atoms with Gasteiger partial charge in [0.2, 0.25) is 0 Å². The number of para-hydroxylation sites is 1. The number of halogens is 1. The van der Waals surface area contributed by atoms with Crippen LogP contribution in [0.15, 0.2) is 40.6 Å². The summed E-state index contributed by atoms with van der Waals surface area (Å²) in [5.74, 6) is 0.787. The number of rotatable bonds is 3. The van der Waals surface area contributed by atoms with Crippen molar-refractivity contribution in [2.24, 2.45) is 10.2 Å². The molecule has 3 nitrogen and oxygen atoms in total.